The van der Waals surface area contributed by atoms with Crippen molar-refractivity contribution >= 4 is 22.6 Å². The van der Waals surface area contributed by atoms with Crippen molar-refractivity contribution in [1.29, 1.82) is 0 Å². The van der Waals surface area contributed by atoms with Gasteiger partial charge in [-0.3, -0.25) is 0 Å². The van der Waals surface area contributed by atoms with Crippen molar-refractivity contribution in [3.05, 3.63) is 74.9 Å². The van der Waals surface area contributed by atoms with E-state index in [-0.39, 0.29) is 0 Å². The molecule has 0 saturated heterocycles. The minimum atomic E-state index is 0.648. The summed E-state index contributed by atoms with van der Waals surface area (Å²) in [6.45, 7) is 15.1. The third-order valence-corrected chi connectivity index (χ3v) is 2.10. The number of halogens is 1. The molecule has 4 N–H and O–H groups in total. The van der Waals surface area contributed by atoms with Gasteiger partial charge in [0.15, 0.2) is 0 Å². The summed E-state index contributed by atoms with van der Waals surface area (Å²) in [5.41, 5.74) is 5.90. The van der Waals surface area contributed by atoms with Gasteiger partial charge in [0.1, 0.15) is 0 Å². The van der Waals surface area contributed by atoms with Gasteiger partial charge in [-0.2, -0.15) is 0 Å². The van der Waals surface area contributed by atoms with Crippen LogP contribution in [0.15, 0.2) is 74.9 Å². The number of allylic oxidation sites excluding steroid dienone is 5. The molecular formula is C15H26INO2. The zero-order valence-electron chi connectivity index (χ0n) is 11.6. The second kappa shape index (κ2) is 36.0. The van der Waals surface area contributed by atoms with E-state index in [0.717, 1.165) is 12.5 Å². The van der Waals surface area contributed by atoms with Gasteiger partial charge in [0.25, 0.3) is 0 Å². The maximum absolute atomic E-state index is 7.85. The molecule has 0 fully saturated rings. The lowest BCUT2D eigenvalue weighted by Crippen LogP contribution is -1.89. The summed E-state index contributed by atoms with van der Waals surface area (Å²) >= 11 is 2.35. The fourth-order valence-corrected chi connectivity index (χ4v) is 0.304. The SMILES string of the molecule is C=C.C=C/C=C(/N)C=C.CCCI.O/C=C/C=C/O. The molecule has 0 spiro atoms. The average molecular weight is 379 g/mol. The zero-order chi connectivity index (χ0) is 15.9. The van der Waals surface area contributed by atoms with E-state index >= 15 is 0 Å². The quantitative estimate of drug-likeness (QED) is 0.213. The number of hydrogen-bond donors (Lipinski definition) is 3. The molecule has 0 bridgehead atoms. The van der Waals surface area contributed by atoms with E-state index in [2.05, 4.69) is 55.8 Å². The minimum Gasteiger partial charge on any atom is -0.516 e. The highest BCUT2D eigenvalue weighted by atomic mass is 127. The molecule has 0 atom stereocenters. The maximum Gasteiger partial charge on any atom is 0.0792 e. The lowest BCUT2D eigenvalue weighted by atomic mass is 10.4. The molecule has 0 aromatic rings. The van der Waals surface area contributed by atoms with Gasteiger partial charge < -0.3 is 15.9 Å². The summed E-state index contributed by atoms with van der Waals surface area (Å²) in [7, 11) is 0. The number of aliphatic hydroxyl groups is 2. The summed E-state index contributed by atoms with van der Waals surface area (Å²) in [6, 6.07) is 0. The van der Waals surface area contributed by atoms with E-state index in [0.29, 0.717) is 5.70 Å². The van der Waals surface area contributed by atoms with Crippen molar-refractivity contribution in [2.75, 3.05) is 4.43 Å². The van der Waals surface area contributed by atoms with Crippen molar-refractivity contribution in [2.45, 2.75) is 13.3 Å². The lowest BCUT2D eigenvalue weighted by Gasteiger charge is -1.81. The van der Waals surface area contributed by atoms with Crippen LogP contribution in [0.2, 0.25) is 0 Å². The number of nitrogens with two attached hydrogens (primary N) is 1. The summed E-state index contributed by atoms with van der Waals surface area (Å²) < 4.78 is 1.29. The molecule has 0 rings (SSSR count). The van der Waals surface area contributed by atoms with Gasteiger partial charge in [-0.25, -0.2) is 0 Å². The standard InChI is InChI=1S/C6H9N.C4H6O2.C3H7I.C2H4/c1-3-5-6(7)4-2;5-3-1-2-4-6;1-2-3-4;1-2/h3-5H,1-2,7H2;1-6H;2-3H2,1H3;1-2H2/b6-5+;3-1+,4-2+;;. The molecule has 0 saturated carbocycles. The minimum absolute atomic E-state index is 0.648. The van der Waals surface area contributed by atoms with Crippen LogP contribution in [0.25, 0.3) is 0 Å². The van der Waals surface area contributed by atoms with Gasteiger partial charge in [-0.1, -0.05) is 48.7 Å². The molecule has 19 heavy (non-hydrogen) atoms. The van der Waals surface area contributed by atoms with Crippen LogP contribution in [-0.4, -0.2) is 14.6 Å². The Balaban J connectivity index is -0.0000000858. The van der Waals surface area contributed by atoms with Crippen LogP contribution in [-0.2, 0) is 0 Å². The Morgan fingerprint density at radius 3 is 1.63 bits per heavy atom. The van der Waals surface area contributed by atoms with E-state index in [1.165, 1.54) is 23.0 Å². The predicted octanol–water partition coefficient (Wildman–Crippen LogP) is 4.96. The molecule has 4 heteroatoms. The predicted molar refractivity (Wildman–Crippen MR) is 96.6 cm³/mol. The van der Waals surface area contributed by atoms with E-state index < -0.39 is 0 Å². The molecule has 0 radical (unpaired) electrons. The second-order valence-electron chi connectivity index (χ2n) is 2.48. The van der Waals surface area contributed by atoms with Crippen LogP contribution in [0.1, 0.15) is 13.3 Å². The third-order valence-electron chi connectivity index (χ3n) is 1.02. The van der Waals surface area contributed by atoms with Crippen LogP contribution in [0.4, 0.5) is 0 Å². The highest BCUT2D eigenvalue weighted by molar-refractivity contribution is 14.1. The van der Waals surface area contributed by atoms with E-state index in [1.54, 1.807) is 18.2 Å². The average Bonchev–Trinajstić information content (AvgIpc) is 2.48. The van der Waals surface area contributed by atoms with E-state index in [1.807, 2.05) is 0 Å². The fraction of sp³-hybridized carbons (Fsp3) is 0.200. The summed E-state index contributed by atoms with van der Waals surface area (Å²) in [6.07, 6.45) is 10.5. The van der Waals surface area contributed by atoms with Gasteiger partial charge in [0, 0.05) is 5.70 Å². The first-order chi connectivity index (χ1) is 9.14. The second-order valence-corrected chi connectivity index (χ2v) is 3.56. The first kappa shape index (κ1) is 26.2. The molecule has 0 unspecified atom stereocenters. The van der Waals surface area contributed by atoms with Crippen molar-refractivity contribution < 1.29 is 10.2 Å². The smallest absolute Gasteiger partial charge is 0.0792 e. The van der Waals surface area contributed by atoms with Gasteiger partial charge in [-0.05, 0) is 35.2 Å². The van der Waals surface area contributed by atoms with E-state index in [9.17, 15) is 0 Å². The van der Waals surface area contributed by atoms with Crippen molar-refractivity contribution in [3.63, 3.8) is 0 Å². The number of alkyl halides is 1. The third kappa shape index (κ3) is 61.4. The maximum atomic E-state index is 7.85. The van der Waals surface area contributed by atoms with E-state index in [4.69, 9.17) is 15.9 Å². The van der Waals surface area contributed by atoms with Gasteiger partial charge in [-0.15, -0.1) is 13.2 Å². The molecule has 0 amide bonds. The Labute approximate surface area is 131 Å². The summed E-state index contributed by atoms with van der Waals surface area (Å²) in [5.74, 6) is 0. The first-order valence-corrected chi connectivity index (χ1v) is 7.03. The number of rotatable bonds is 4. The van der Waals surface area contributed by atoms with Crippen LogP contribution < -0.4 is 5.73 Å². The fourth-order valence-electron chi connectivity index (χ4n) is 0.304. The molecule has 0 heterocycles. The molecule has 3 nitrogen and oxygen atoms in total. The Morgan fingerprint density at radius 1 is 1.16 bits per heavy atom. The Morgan fingerprint density at radius 2 is 1.53 bits per heavy atom. The highest BCUT2D eigenvalue weighted by Gasteiger charge is 1.69. The van der Waals surface area contributed by atoms with Crippen LogP contribution in [0, 0.1) is 0 Å². The van der Waals surface area contributed by atoms with Gasteiger partial charge in [0.05, 0.1) is 12.5 Å². The van der Waals surface area contributed by atoms with Crippen molar-refractivity contribution in [1.82, 2.24) is 0 Å². The topological polar surface area (TPSA) is 66.5 Å². The van der Waals surface area contributed by atoms with Gasteiger partial charge in [0.2, 0.25) is 0 Å². The van der Waals surface area contributed by atoms with Crippen molar-refractivity contribution in [2.24, 2.45) is 5.73 Å². The van der Waals surface area contributed by atoms with Crippen LogP contribution in [0.3, 0.4) is 0 Å². The largest absolute Gasteiger partial charge is 0.516 e. The Hall–Kier alpha value is -1.43. The van der Waals surface area contributed by atoms with Crippen LogP contribution in [0.5, 0.6) is 0 Å². The molecule has 0 aliphatic carbocycles. The Kier molecular flexibility index (Phi) is 49.6. The molecule has 0 aliphatic rings. The normalized spacial score (nSPS) is 9.26. The number of aliphatic hydroxyl groups excluding tert-OH is 2. The van der Waals surface area contributed by atoms with Crippen molar-refractivity contribution in [3.8, 4) is 0 Å². The molecular weight excluding hydrogens is 353 g/mol. The summed E-state index contributed by atoms with van der Waals surface area (Å²) in [4.78, 5) is 0. The number of hydrogen-bond acceptors (Lipinski definition) is 3. The molecule has 0 aromatic heterocycles. The van der Waals surface area contributed by atoms with Gasteiger partial charge >= 0.3 is 0 Å². The lowest BCUT2D eigenvalue weighted by molar-refractivity contribution is 0.467. The molecule has 110 valence electrons. The summed E-state index contributed by atoms with van der Waals surface area (Å²) in [5, 5.41) is 15.7. The highest BCUT2D eigenvalue weighted by Crippen LogP contribution is 1.82. The Bertz CT molecular complexity index is 247. The molecule has 0 aromatic carbocycles. The molecule has 0 aliphatic heterocycles. The first-order valence-electron chi connectivity index (χ1n) is 5.51. The van der Waals surface area contributed by atoms with Crippen LogP contribution >= 0.6 is 22.6 Å². The zero-order valence-corrected chi connectivity index (χ0v) is 13.8. The monoisotopic (exact) mass is 379 g/mol.